The second-order valence-electron chi connectivity index (χ2n) is 5.54. The average molecular weight is 267 g/mol. The molecule has 0 aliphatic rings. The highest BCUT2D eigenvalue weighted by Crippen LogP contribution is 2.32. The Morgan fingerprint density at radius 2 is 1.78 bits per heavy atom. The summed E-state index contributed by atoms with van der Waals surface area (Å²) < 4.78 is 0.199. The maximum absolute atomic E-state index is 9.88. The molecule has 1 aromatic carbocycles. The van der Waals surface area contributed by atoms with E-state index in [4.69, 9.17) is 0 Å². The second-order valence-corrected chi connectivity index (χ2v) is 7.34. The first kappa shape index (κ1) is 15.5. The summed E-state index contributed by atoms with van der Waals surface area (Å²) in [5.74, 6) is 0.866. The number of hydrogen-bond donors (Lipinski definition) is 2. The van der Waals surface area contributed by atoms with Crippen molar-refractivity contribution in [1.82, 2.24) is 5.32 Å². The first-order valence-electron chi connectivity index (χ1n) is 6.49. The lowest BCUT2D eigenvalue weighted by Crippen LogP contribution is -2.48. The van der Waals surface area contributed by atoms with Gasteiger partial charge in [-0.05, 0) is 12.1 Å². The van der Waals surface area contributed by atoms with Crippen LogP contribution in [-0.2, 0) is 5.54 Å². The number of hydrogen-bond acceptors (Lipinski definition) is 3. The minimum Gasteiger partial charge on any atom is -0.394 e. The summed E-state index contributed by atoms with van der Waals surface area (Å²) in [4.78, 5) is 0. The predicted molar refractivity (Wildman–Crippen MR) is 81.1 cm³/mol. The van der Waals surface area contributed by atoms with Crippen LogP contribution in [0.15, 0.2) is 30.3 Å². The molecule has 0 radical (unpaired) electrons. The van der Waals surface area contributed by atoms with E-state index < -0.39 is 0 Å². The summed E-state index contributed by atoms with van der Waals surface area (Å²) in [6, 6.07) is 10.2. The van der Waals surface area contributed by atoms with Crippen LogP contribution < -0.4 is 5.32 Å². The van der Waals surface area contributed by atoms with Gasteiger partial charge in [-0.2, -0.15) is 11.8 Å². The molecule has 0 fully saturated rings. The van der Waals surface area contributed by atoms with Gasteiger partial charge in [0.15, 0.2) is 0 Å². The predicted octanol–water partition coefficient (Wildman–Crippen LogP) is 3.02. The van der Waals surface area contributed by atoms with E-state index in [0.717, 1.165) is 17.9 Å². The molecule has 0 spiro atoms. The molecular weight excluding hydrogens is 242 g/mol. The zero-order valence-corrected chi connectivity index (χ0v) is 12.7. The van der Waals surface area contributed by atoms with E-state index in [0.29, 0.717) is 0 Å². The fraction of sp³-hybridized carbons (Fsp3) is 0.600. The minimum atomic E-state index is -0.339. The summed E-state index contributed by atoms with van der Waals surface area (Å²) >= 11 is 1.88. The van der Waals surface area contributed by atoms with Crippen molar-refractivity contribution in [2.45, 2.75) is 38.0 Å². The standard InChI is InChI=1S/C15H25NOS/c1-5-16-15(11-17,12-18-14(2,3)4)13-9-7-6-8-10-13/h6-10,16-17H,5,11-12H2,1-4H3. The largest absolute Gasteiger partial charge is 0.394 e. The van der Waals surface area contributed by atoms with Crippen LogP contribution in [-0.4, -0.2) is 28.8 Å². The zero-order valence-electron chi connectivity index (χ0n) is 11.9. The van der Waals surface area contributed by atoms with Crippen LogP contribution >= 0.6 is 11.8 Å². The van der Waals surface area contributed by atoms with Gasteiger partial charge in [-0.1, -0.05) is 58.0 Å². The topological polar surface area (TPSA) is 32.3 Å². The van der Waals surface area contributed by atoms with E-state index >= 15 is 0 Å². The molecule has 2 nitrogen and oxygen atoms in total. The highest BCUT2D eigenvalue weighted by molar-refractivity contribution is 8.00. The van der Waals surface area contributed by atoms with Gasteiger partial charge in [-0.25, -0.2) is 0 Å². The Labute approximate surface area is 115 Å². The average Bonchev–Trinajstić information content (AvgIpc) is 2.35. The van der Waals surface area contributed by atoms with E-state index in [9.17, 15) is 5.11 Å². The number of benzene rings is 1. The molecule has 2 N–H and O–H groups in total. The number of nitrogens with one attached hydrogen (secondary N) is 1. The lowest BCUT2D eigenvalue weighted by atomic mass is 9.92. The highest BCUT2D eigenvalue weighted by atomic mass is 32.2. The van der Waals surface area contributed by atoms with E-state index in [1.807, 2.05) is 30.0 Å². The molecule has 0 amide bonds. The van der Waals surface area contributed by atoms with E-state index in [1.54, 1.807) is 0 Å². The van der Waals surface area contributed by atoms with Crippen molar-refractivity contribution in [3.8, 4) is 0 Å². The molecule has 0 heterocycles. The monoisotopic (exact) mass is 267 g/mol. The Morgan fingerprint density at radius 1 is 1.17 bits per heavy atom. The maximum atomic E-state index is 9.88. The fourth-order valence-electron chi connectivity index (χ4n) is 1.86. The lowest BCUT2D eigenvalue weighted by Gasteiger charge is -2.35. The van der Waals surface area contributed by atoms with Crippen molar-refractivity contribution in [2.75, 3.05) is 18.9 Å². The molecule has 3 heteroatoms. The van der Waals surface area contributed by atoms with Gasteiger partial charge < -0.3 is 10.4 Å². The van der Waals surface area contributed by atoms with E-state index in [2.05, 4.69) is 45.1 Å². The zero-order chi connectivity index (χ0) is 13.6. The van der Waals surface area contributed by atoms with Crippen LogP contribution in [0.25, 0.3) is 0 Å². The molecule has 0 saturated heterocycles. The van der Waals surface area contributed by atoms with Gasteiger partial charge in [0.1, 0.15) is 0 Å². The molecule has 1 atom stereocenters. The number of thioether (sulfide) groups is 1. The van der Waals surface area contributed by atoms with Crippen molar-refractivity contribution >= 4 is 11.8 Å². The number of likely N-dealkylation sites (N-methyl/N-ethyl adjacent to an activating group) is 1. The molecule has 1 unspecified atom stereocenters. The maximum Gasteiger partial charge on any atom is 0.0760 e. The van der Waals surface area contributed by atoms with Crippen LogP contribution in [0.1, 0.15) is 33.3 Å². The van der Waals surface area contributed by atoms with E-state index in [1.165, 1.54) is 0 Å². The Kier molecular flexibility index (Phi) is 5.70. The first-order chi connectivity index (χ1) is 8.43. The Hall–Kier alpha value is -0.510. The van der Waals surface area contributed by atoms with Crippen molar-refractivity contribution < 1.29 is 5.11 Å². The third-order valence-electron chi connectivity index (χ3n) is 2.86. The van der Waals surface area contributed by atoms with Crippen LogP contribution in [0.2, 0.25) is 0 Å². The van der Waals surface area contributed by atoms with Crippen molar-refractivity contribution in [3.05, 3.63) is 35.9 Å². The van der Waals surface area contributed by atoms with E-state index in [-0.39, 0.29) is 16.9 Å². The Balaban J connectivity index is 2.94. The molecule has 102 valence electrons. The summed E-state index contributed by atoms with van der Waals surface area (Å²) in [5.41, 5.74) is 0.819. The van der Waals surface area contributed by atoms with Crippen LogP contribution in [0.3, 0.4) is 0 Å². The van der Waals surface area contributed by atoms with Crippen molar-refractivity contribution in [1.29, 1.82) is 0 Å². The highest BCUT2D eigenvalue weighted by Gasteiger charge is 2.32. The quantitative estimate of drug-likeness (QED) is 0.831. The molecule has 0 aliphatic carbocycles. The normalized spacial score (nSPS) is 15.4. The number of rotatable bonds is 6. The van der Waals surface area contributed by atoms with Crippen molar-refractivity contribution in [2.24, 2.45) is 0 Å². The summed E-state index contributed by atoms with van der Waals surface area (Å²) in [6.45, 7) is 9.66. The van der Waals surface area contributed by atoms with Gasteiger partial charge in [0.2, 0.25) is 0 Å². The summed E-state index contributed by atoms with van der Waals surface area (Å²) in [5, 5.41) is 13.3. The number of aliphatic hydroxyl groups is 1. The molecule has 1 rings (SSSR count). The molecule has 0 aromatic heterocycles. The van der Waals surface area contributed by atoms with Gasteiger partial charge in [0, 0.05) is 10.5 Å². The molecule has 0 bridgehead atoms. The van der Waals surface area contributed by atoms with Gasteiger partial charge in [-0.15, -0.1) is 0 Å². The minimum absolute atomic E-state index is 0.119. The van der Waals surface area contributed by atoms with Gasteiger partial charge >= 0.3 is 0 Å². The van der Waals surface area contributed by atoms with Crippen LogP contribution in [0.4, 0.5) is 0 Å². The first-order valence-corrected chi connectivity index (χ1v) is 7.47. The Bertz CT molecular complexity index is 347. The molecule has 1 aromatic rings. The number of aliphatic hydroxyl groups excluding tert-OH is 1. The third-order valence-corrected chi connectivity index (χ3v) is 4.37. The van der Waals surface area contributed by atoms with Crippen LogP contribution in [0.5, 0.6) is 0 Å². The van der Waals surface area contributed by atoms with Crippen molar-refractivity contribution in [3.63, 3.8) is 0 Å². The van der Waals surface area contributed by atoms with Gasteiger partial charge in [-0.3, -0.25) is 0 Å². The molecule has 0 saturated carbocycles. The smallest absolute Gasteiger partial charge is 0.0760 e. The molecule has 0 aliphatic heterocycles. The van der Waals surface area contributed by atoms with Crippen LogP contribution in [0, 0.1) is 0 Å². The second kappa shape index (κ2) is 6.60. The summed E-state index contributed by atoms with van der Waals surface area (Å²) in [6.07, 6.45) is 0. The SMILES string of the molecule is CCNC(CO)(CSC(C)(C)C)c1ccccc1. The molecular formula is C15H25NOS. The summed E-state index contributed by atoms with van der Waals surface area (Å²) in [7, 11) is 0. The van der Waals surface area contributed by atoms with Gasteiger partial charge in [0.25, 0.3) is 0 Å². The van der Waals surface area contributed by atoms with Gasteiger partial charge in [0.05, 0.1) is 12.1 Å². The molecule has 18 heavy (non-hydrogen) atoms. The fourth-order valence-corrected chi connectivity index (χ4v) is 2.90. The lowest BCUT2D eigenvalue weighted by molar-refractivity contribution is 0.181. The Morgan fingerprint density at radius 3 is 2.22 bits per heavy atom. The third kappa shape index (κ3) is 4.30.